The number of halogens is 1. The quantitative estimate of drug-likeness (QED) is 0.294. The minimum atomic E-state index is -0.671. The van der Waals surface area contributed by atoms with Crippen molar-refractivity contribution in [2.24, 2.45) is 4.99 Å². The number of benzene rings is 4. The molecule has 1 aliphatic rings. The molecule has 1 aromatic heterocycles. The number of hydrogen-bond donors (Lipinski definition) is 3. The lowest BCUT2D eigenvalue weighted by Gasteiger charge is -2.12. The van der Waals surface area contributed by atoms with Crippen LogP contribution in [0.1, 0.15) is 23.1 Å². The highest BCUT2D eigenvalue weighted by atomic mass is 35.5. The zero-order valence-corrected chi connectivity index (χ0v) is 21.2. The zero-order valence-electron chi connectivity index (χ0n) is 20.4. The van der Waals surface area contributed by atoms with Crippen LogP contribution in [0.25, 0.3) is 21.8 Å². The Morgan fingerprint density at radius 2 is 1.79 bits per heavy atom. The summed E-state index contributed by atoms with van der Waals surface area (Å²) in [5.74, 6) is -0.195. The monoisotopic (exact) mass is 524 g/mol. The number of carbonyl (C=O) groups excluding carboxylic acids is 1. The average Bonchev–Trinajstić information content (AvgIpc) is 3.17. The topological polar surface area (TPSA) is 99.5 Å². The van der Waals surface area contributed by atoms with Crippen LogP contribution in [0.4, 0.5) is 5.69 Å². The highest BCUT2D eigenvalue weighted by Crippen LogP contribution is 2.29. The first-order chi connectivity index (χ1) is 18.5. The molecule has 6 rings (SSSR count). The van der Waals surface area contributed by atoms with Crippen molar-refractivity contribution >= 4 is 50.7 Å². The lowest BCUT2D eigenvalue weighted by Crippen LogP contribution is -2.27. The highest BCUT2D eigenvalue weighted by molar-refractivity contribution is 6.32. The molecular weight excluding hydrogens is 500 g/mol. The van der Waals surface area contributed by atoms with E-state index >= 15 is 0 Å². The number of H-pyrrole nitrogens is 1. The summed E-state index contributed by atoms with van der Waals surface area (Å²) in [5, 5.41) is 15.1. The highest BCUT2D eigenvalue weighted by Gasteiger charge is 2.27. The summed E-state index contributed by atoms with van der Waals surface area (Å²) >= 11 is 6.38. The van der Waals surface area contributed by atoms with Crippen molar-refractivity contribution in [3.05, 3.63) is 111 Å². The van der Waals surface area contributed by atoms with Crippen molar-refractivity contribution in [2.45, 2.75) is 25.4 Å². The van der Waals surface area contributed by atoms with Gasteiger partial charge in [-0.3, -0.25) is 14.4 Å². The standard InChI is InChI=1S/C30H25ClN4O3/c31-22-9-11-24-23(17-22)28(21-8-10-25-27(16-21)35(12-3-13-36)30(38)34-25)32-26(29(37)33-24)15-18-6-7-19-4-1-2-5-20(19)14-18/h1-2,4-11,14,16-17,26,36H,3,12-13,15H2,(H,33,37)(H,34,38). The Balaban J connectivity index is 1.47. The summed E-state index contributed by atoms with van der Waals surface area (Å²) < 4.78 is 1.61. The van der Waals surface area contributed by atoms with Gasteiger partial charge < -0.3 is 15.4 Å². The zero-order chi connectivity index (χ0) is 26.2. The maximum absolute atomic E-state index is 13.4. The first-order valence-corrected chi connectivity index (χ1v) is 12.9. The Labute approximate surface area is 223 Å². The lowest BCUT2D eigenvalue weighted by molar-refractivity contribution is -0.117. The molecular formula is C30H25ClN4O3. The van der Waals surface area contributed by atoms with E-state index in [0.29, 0.717) is 52.4 Å². The smallest absolute Gasteiger partial charge is 0.326 e. The fourth-order valence-corrected chi connectivity index (χ4v) is 5.20. The van der Waals surface area contributed by atoms with Crippen LogP contribution >= 0.6 is 11.6 Å². The number of amides is 1. The fourth-order valence-electron chi connectivity index (χ4n) is 5.03. The van der Waals surface area contributed by atoms with Crippen molar-refractivity contribution in [1.82, 2.24) is 9.55 Å². The van der Waals surface area contributed by atoms with Crippen molar-refractivity contribution in [3.63, 3.8) is 0 Å². The molecule has 38 heavy (non-hydrogen) atoms. The van der Waals surface area contributed by atoms with E-state index in [4.69, 9.17) is 16.6 Å². The molecule has 5 aromatic rings. The van der Waals surface area contributed by atoms with Crippen molar-refractivity contribution in [3.8, 4) is 0 Å². The first kappa shape index (κ1) is 24.2. The van der Waals surface area contributed by atoms with Gasteiger partial charge in [0.1, 0.15) is 6.04 Å². The van der Waals surface area contributed by atoms with E-state index in [1.54, 1.807) is 22.8 Å². The van der Waals surface area contributed by atoms with Gasteiger partial charge in [0.2, 0.25) is 5.91 Å². The van der Waals surface area contributed by atoms with E-state index in [1.807, 2.05) is 36.4 Å². The Morgan fingerprint density at radius 1 is 0.947 bits per heavy atom. The molecule has 0 fully saturated rings. The maximum atomic E-state index is 13.4. The van der Waals surface area contributed by atoms with Crippen LogP contribution in [0, 0.1) is 0 Å². The molecule has 0 saturated carbocycles. The summed E-state index contributed by atoms with van der Waals surface area (Å²) in [5.41, 5.74) is 4.91. The number of fused-ring (bicyclic) bond motifs is 3. The van der Waals surface area contributed by atoms with Gasteiger partial charge in [0.25, 0.3) is 0 Å². The number of aliphatic imine (C=N–C) groups is 1. The summed E-state index contributed by atoms with van der Waals surface area (Å²) in [6.07, 6.45) is 0.887. The van der Waals surface area contributed by atoms with Crippen LogP contribution in [-0.4, -0.2) is 38.9 Å². The van der Waals surface area contributed by atoms with Gasteiger partial charge in [0, 0.05) is 35.7 Å². The second-order valence-corrected chi connectivity index (χ2v) is 9.89. The van der Waals surface area contributed by atoms with Crippen molar-refractivity contribution < 1.29 is 9.90 Å². The molecule has 8 heteroatoms. The number of imidazole rings is 1. The molecule has 0 aliphatic carbocycles. The van der Waals surface area contributed by atoms with Gasteiger partial charge in [0.05, 0.1) is 22.4 Å². The Kier molecular flexibility index (Phi) is 6.31. The molecule has 0 radical (unpaired) electrons. The van der Waals surface area contributed by atoms with Gasteiger partial charge in [-0.25, -0.2) is 4.79 Å². The minimum Gasteiger partial charge on any atom is -0.396 e. The predicted molar refractivity (Wildman–Crippen MR) is 151 cm³/mol. The number of benzodiazepines with no additional fused rings is 1. The SMILES string of the molecule is O=C1Nc2ccc(Cl)cc2C(c2ccc3[nH]c(=O)n(CCCO)c3c2)=NC1Cc1ccc2ccccc2c1. The third-order valence-corrected chi connectivity index (χ3v) is 7.15. The molecule has 1 atom stereocenters. The summed E-state index contributed by atoms with van der Waals surface area (Å²) in [7, 11) is 0. The van der Waals surface area contributed by atoms with Gasteiger partial charge in [0.15, 0.2) is 0 Å². The van der Waals surface area contributed by atoms with Gasteiger partial charge in [-0.15, -0.1) is 0 Å². The van der Waals surface area contributed by atoms with Crippen LogP contribution in [0.15, 0.2) is 88.6 Å². The molecule has 4 aromatic carbocycles. The summed E-state index contributed by atoms with van der Waals surface area (Å²) in [4.78, 5) is 33.8. The number of nitrogens with zero attached hydrogens (tertiary/aromatic N) is 2. The minimum absolute atomic E-state index is 0.0123. The molecule has 0 bridgehead atoms. The molecule has 1 amide bonds. The second-order valence-electron chi connectivity index (χ2n) is 9.45. The van der Waals surface area contributed by atoms with Crippen LogP contribution in [0.3, 0.4) is 0 Å². The molecule has 190 valence electrons. The van der Waals surface area contributed by atoms with Crippen molar-refractivity contribution in [2.75, 3.05) is 11.9 Å². The number of aromatic amines is 1. The number of nitrogens with one attached hydrogen (secondary N) is 2. The fraction of sp³-hybridized carbons (Fsp3) is 0.167. The predicted octanol–water partition coefficient (Wildman–Crippen LogP) is 4.92. The Hall–Kier alpha value is -4.20. The first-order valence-electron chi connectivity index (χ1n) is 12.5. The van der Waals surface area contributed by atoms with E-state index in [9.17, 15) is 14.7 Å². The van der Waals surface area contributed by atoms with Gasteiger partial charge in [-0.2, -0.15) is 0 Å². The van der Waals surface area contributed by atoms with E-state index in [1.165, 1.54) is 0 Å². The number of aryl methyl sites for hydroxylation is 1. The van der Waals surface area contributed by atoms with E-state index < -0.39 is 6.04 Å². The average molecular weight is 525 g/mol. The number of hydrogen-bond acceptors (Lipinski definition) is 4. The molecule has 1 aliphatic heterocycles. The van der Waals surface area contributed by atoms with Gasteiger partial charge >= 0.3 is 5.69 Å². The Bertz CT molecular complexity index is 1790. The number of anilines is 1. The number of carbonyl (C=O) groups is 1. The third kappa shape index (κ3) is 4.51. The van der Waals surface area contributed by atoms with Crippen LogP contribution in [0.2, 0.25) is 5.02 Å². The number of rotatable bonds is 6. The molecule has 3 N–H and O–H groups in total. The van der Waals surface area contributed by atoms with Crippen molar-refractivity contribution in [1.29, 1.82) is 0 Å². The second kappa shape index (κ2) is 9.93. The molecule has 0 saturated heterocycles. The molecule has 2 heterocycles. The number of aliphatic hydroxyl groups excluding tert-OH is 1. The van der Waals surface area contributed by atoms with Gasteiger partial charge in [-0.05, 0) is 53.1 Å². The Morgan fingerprint density at radius 3 is 2.63 bits per heavy atom. The number of aliphatic hydroxyl groups is 1. The largest absolute Gasteiger partial charge is 0.396 e. The van der Waals surface area contributed by atoms with Crippen LogP contribution in [0.5, 0.6) is 0 Å². The summed E-state index contributed by atoms with van der Waals surface area (Å²) in [6, 6.07) is 24.6. The van der Waals surface area contributed by atoms with Crippen LogP contribution in [-0.2, 0) is 17.8 Å². The summed E-state index contributed by atoms with van der Waals surface area (Å²) in [6.45, 7) is 0.375. The van der Waals surface area contributed by atoms with E-state index in [0.717, 1.165) is 21.9 Å². The molecule has 0 spiro atoms. The normalized spacial score (nSPS) is 15.3. The lowest BCUT2D eigenvalue weighted by atomic mass is 9.99. The number of aromatic nitrogens is 2. The van der Waals surface area contributed by atoms with Crippen LogP contribution < -0.4 is 11.0 Å². The van der Waals surface area contributed by atoms with E-state index in [-0.39, 0.29) is 18.2 Å². The van der Waals surface area contributed by atoms with E-state index in [2.05, 4.69) is 34.6 Å². The third-order valence-electron chi connectivity index (χ3n) is 6.91. The van der Waals surface area contributed by atoms with Gasteiger partial charge in [-0.1, -0.05) is 60.1 Å². The maximum Gasteiger partial charge on any atom is 0.326 e. The molecule has 7 nitrogen and oxygen atoms in total. The molecule has 1 unspecified atom stereocenters.